The minimum atomic E-state index is -0.130. The van der Waals surface area contributed by atoms with Gasteiger partial charge >= 0.3 is 0 Å². The number of hydrogen-bond acceptors (Lipinski definition) is 6. The second-order valence-electron chi connectivity index (χ2n) is 6.31. The van der Waals surface area contributed by atoms with Gasteiger partial charge in [0.2, 0.25) is 11.8 Å². The third-order valence-corrected chi connectivity index (χ3v) is 5.36. The lowest BCUT2D eigenvalue weighted by atomic mass is 9.77. The molecule has 2 aliphatic heterocycles. The molecule has 2 fully saturated rings. The molecule has 1 unspecified atom stereocenters. The van der Waals surface area contributed by atoms with E-state index < -0.39 is 0 Å². The molecule has 0 aromatic carbocycles. The van der Waals surface area contributed by atoms with Gasteiger partial charge in [0.05, 0.1) is 6.04 Å². The van der Waals surface area contributed by atoms with Crippen molar-refractivity contribution in [2.45, 2.75) is 31.7 Å². The molecule has 2 amide bonds. The lowest BCUT2D eigenvalue weighted by molar-refractivity contribution is -0.123. The van der Waals surface area contributed by atoms with E-state index in [9.17, 15) is 9.59 Å². The van der Waals surface area contributed by atoms with Crippen molar-refractivity contribution in [3.05, 3.63) is 11.6 Å². The molecule has 2 aliphatic rings. The summed E-state index contributed by atoms with van der Waals surface area (Å²) in [5, 5.41) is 14.7. The van der Waals surface area contributed by atoms with Crippen molar-refractivity contribution in [3.8, 4) is 0 Å². The Hall–Kier alpha value is -1.51. The lowest BCUT2D eigenvalue weighted by Crippen LogP contribution is -2.41. The fraction of sp³-hybridized carbons (Fsp3) is 0.667. The van der Waals surface area contributed by atoms with E-state index in [2.05, 4.69) is 26.3 Å². The Balaban J connectivity index is 1.37. The van der Waals surface area contributed by atoms with Crippen LogP contribution in [-0.2, 0) is 9.59 Å². The fourth-order valence-electron chi connectivity index (χ4n) is 3.33. The molecule has 7 nitrogen and oxygen atoms in total. The maximum Gasteiger partial charge on any atom is 0.237 e. The van der Waals surface area contributed by atoms with Gasteiger partial charge in [0, 0.05) is 31.1 Å². The molecule has 0 bridgehead atoms. The minimum absolute atomic E-state index is 0.00227. The highest BCUT2D eigenvalue weighted by atomic mass is 32.1. The number of carbonyl (C=O) groups is 2. The number of carbonyl (C=O) groups excluding carboxylic acids is 2. The van der Waals surface area contributed by atoms with E-state index in [0.29, 0.717) is 11.7 Å². The van der Waals surface area contributed by atoms with E-state index in [0.717, 1.165) is 38.9 Å². The van der Waals surface area contributed by atoms with Crippen LogP contribution in [0.15, 0.2) is 11.6 Å². The first kappa shape index (κ1) is 16.4. The van der Waals surface area contributed by atoms with E-state index >= 15 is 0 Å². The van der Waals surface area contributed by atoms with Crippen LogP contribution in [0.25, 0.3) is 0 Å². The summed E-state index contributed by atoms with van der Waals surface area (Å²) in [6.07, 6.45) is 5.05. The molecule has 3 heterocycles. The largest absolute Gasteiger partial charge is 0.354 e. The average molecular weight is 337 g/mol. The Labute approximate surface area is 139 Å². The van der Waals surface area contributed by atoms with Crippen LogP contribution in [0.2, 0.25) is 0 Å². The monoisotopic (exact) mass is 337 g/mol. The normalized spacial score (nSPS) is 22.9. The summed E-state index contributed by atoms with van der Waals surface area (Å²) in [5.74, 6) is -0.128. The van der Waals surface area contributed by atoms with Gasteiger partial charge in [0.25, 0.3) is 0 Å². The van der Waals surface area contributed by atoms with Crippen molar-refractivity contribution in [1.29, 1.82) is 0 Å². The Morgan fingerprint density at radius 1 is 1.39 bits per heavy atom. The molecule has 1 atom stereocenters. The Bertz CT molecular complexity index is 542. The van der Waals surface area contributed by atoms with E-state index in [1.54, 1.807) is 11.6 Å². The number of hydrogen-bond donors (Lipinski definition) is 4. The van der Waals surface area contributed by atoms with Gasteiger partial charge < -0.3 is 21.3 Å². The highest BCUT2D eigenvalue weighted by Gasteiger charge is 2.41. The molecule has 3 rings (SSSR count). The maximum absolute atomic E-state index is 12.2. The third-order valence-electron chi connectivity index (χ3n) is 4.67. The van der Waals surface area contributed by atoms with Crippen LogP contribution in [-0.4, -0.2) is 49.0 Å². The first-order chi connectivity index (χ1) is 11.2. The van der Waals surface area contributed by atoms with Crippen LogP contribution in [0.5, 0.6) is 0 Å². The van der Waals surface area contributed by atoms with Crippen molar-refractivity contribution in [2.24, 2.45) is 5.41 Å². The summed E-state index contributed by atoms with van der Waals surface area (Å²) in [6.45, 7) is 3.33. The molecule has 23 heavy (non-hydrogen) atoms. The third kappa shape index (κ3) is 4.27. The van der Waals surface area contributed by atoms with Gasteiger partial charge in [-0.2, -0.15) is 0 Å². The summed E-state index contributed by atoms with van der Waals surface area (Å²) in [6, 6.07) is -0.130. The molecule has 8 heteroatoms. The average Bonchev–Trinajstić information content (AvgIpc) is 3.18. The zero-order valence-electron chi connectivity index (χ0n) is 13.1. The van der Waals surface area contributed by atoms with E-state index in [1.807, 2.05) is 0 Å². The van der Waals surface area contributed by atoms with Gasteiger partial charge in [0.15, 0.2) is 5.13 Å². The first-order valence-corrected chi connectivity index (χ1v) is 8.96. The van der Waals surface area contributed by atoms with Crippen LogP contribution in [0.4, 0.5) is 5.13 Å². The van der Waals surface area contributed by atoms with Crippen LogP contribution >= 0.6 is 11.3 Å². The number of anilines is 1. The van der Waals surface area contributed by atoms with Crippen molar-refractivity contribution in [1.82, 2.24) is 20.9 Å². The van der Waals surface area contributed by atoms with Crippen LogP contribution in [0, 0.1) is 5.41 Å². The Morgan fingerprint density at radius 2 is 2.22 bits per heavy atom. The number of piperidine rings is 1. The predicted octanol–water partition coefficient (Wildman–Crippen LogP) is 0.320. The van der Waals surface area contributed by atoms with Crippen molar-refractivity contribution >= 4 is 28.3 Å². The maximum atomic E-state index is 12.2. The number of thiazole rings is 1. The SMILES string of the molecule is O=C(CCNC(=O)C1CC2(CCNCC2)CN1)Nc1nccs1. The first-order valence-electron chi connectivity index (χ1n) is 8.08. The fourth-order valence-corrected chi connectivity index (χ4v) is 3.87. The second kappa shape index (κ2) is 7.37. The quantitative estimate of drug-likeness (QED) is 0.621. The van der Waals surface area contributed by atoms with Crippen LogP contribution in [0.1, 0.15) is 25.7 Å². The molecule has 4 N–H and O–H groups in total. The molecule has 2 saturated heterocycles. The topological polar surface area (TPSA) is 95.2 Å². The standard InChI is InChI=1S/C15H23N5O2S/c21-12(20-14-18-7-8-23-14)1-4-17-13(22)11-9-15(10-19-11)2-5-16-6-3-15/h7-8,11,16,19H,1-6,9-10H2,(H,17,22)(H,18,20,21). The Morgan fingerprint density at radius 3 is 2.96 bits per heavy atom. The van der Waals surface area contributed by atoms with Crippen molar-refractivity contribution < 1.29 is 9.59 Å². The number of nitrogens with one attached hydrogen (secondary N) is 4. The smallest absolute Gasteiger partial charge is 0.237 e. The van der Waals surface area contributed by atoms with Gasteiger partial charge in [-0.05, 0) is 37.8 Å². The molecule has 0 radical (unpaired) electrons. The number of nitrogens with zero attached hydrogens (tertiary/aromatic N) is 1. The zero-order chi connectivity index (χ0) is 16.1. The molecule has 0 saturated carbocycles. The van der Waals surface area contributed by atoms with Crippen LogP contribution in [0.3, 0.4) is 0 Å². The predicted molar refractivity (Wildman–Crippen MR) is 89.3 cm³/mol. The van der Waals surface area contributed by atoms with E-state index in [1.165, 1.54) is 11.3 Å². The molecule has 1 aromatic rings. The zero-order valence-corrected chi connectivity index (χ0v) is 13.9. The van der Waals surface area contributed by atoms with Gasteiger partial charge in [0.1, 0.15) is 0 Å². The Kier molecular flexibility index (Phi) is 5.24. The number of amides is 2. The van der Waals surface area contributed by atoms with Crippen molar-refractivity contribution in [3.63, 3.8) is 0 Å². The van der Waals surface area contributed by atoms with Crippen LogP contribution < -0.4 is 21.3 Å². The van der Waals surface area contributed by atoms with Crippen molar-refractivity contribution in [2.75, 3.05) is 31.5 Å². The molecule has 1 aromatic heterocycles. The molecular weight excluding hydrogens is 314 g/mol. The molecule has 126 valence electrons. The van der Waals surface area contributed by atoms with Gasteiger partial charge in [-0.15, -0.1) is 11.3 Å². The van der Waals surface area contributed by atoms with E-state index in [4.69, 9.17) is 0 Å². The van der Waals surface area contributed by atoms with E-state index in [-0.39, 0.29) is 29.7 Å². The number of aromatic nitrogens is 1. The highest BCUT2D eigenvalue weighted by Crippen LogP contribution is 2.37. The van der Waals surface area contributed by atoms with Gasteiger partial charge in [-0.3, -0.25) is 9.59 Å². The molecular formula is C15H23N5O2S. The summed E-state index contributed by atoms with van der Waals surface area (Å²) in [7, 11) is 0. The lowest BCUT2D eigenvalue weighted by Gasteiger charge is -2.33. The highest BCUT2D eigenvalue weighted by molar-refractivity contribution is 7.13. The summed E-state index contributed by atoms with van der Waals surface area (Å²) < 4.78 is 0. The number of rotatable bonds is 5. The summed E-state index contributed by atoms with van der Waals surface area (Å²) in [5.41, 5.74) is 0.273. The summed E-state index contributed by atoms with van der Waals surface area (Å²) >= 11 is 1.38. The minimum Gasteiger partial charge on any atom is -0.354 e. The van der Waals surface area contributed by atoms with Gasteiger partial charge in [-0.25, -0.2) is 4.98 Å². The molecule has 1 spiro atoms. The second-order valence-corrected chi connectivity index (χ2v) is 7.21. The molecule has 0 aliphatic carbocycles. The van der Waals surface area contributed by atoms with Gasteiger partial charge in [-0.1, -0.05) is 0 Å². The summed E-state index contributed by atoms with van der Waals surface area (Å²) in [4.78, 5) is 28.0.